The fraction of sp³-hybridized carbons (Fsp3) is 0. The Balaban J connectivity index is 1.72. The summed E-state index contributed by atoms with van der Waals surface area (Å²) in [5.41, 5.74) is 2.44. The van der Waals surface area contributed by atoms with Crippen LogP contribution in [0.15, 0.2) is 66.4 Å². The molecule has 3 aromatic rings. The molecule has 0 saturated carbocycles. The van der Waals surface area contributed by atoms with Gasteiger partial charge in [0.25, 0.3) is 5.91 Å². The van der Waals surface area contributed by atoms with Crippen molar-refractivity contribution in [1.29, 1.82) is 0 Å². The number of aromatic nitrogens is 1. The van der Waals surface area contributed by atoms with Crippen molar-refractivity contribution in [3.8, 4) is 0 Å². The number of rotatable bonds is 2. The highest BCUT2D eigenvalue weighted by atomic mass is 35.5. The molecule has 1 aliphatic rings. The van der Waals surface area contributed by atoms with Crippen LogP contribution in [0.3, 0.4) is 0 Å². The molecule has 0 spiro atoms. The van der Waals surface area contributed by atoms with E-state index in [4.69, 9.17) is 23.8 Å². The average Bonchev–Trinajstić information content (AvgIpc) is 2.90. The summed E-state index contributed by atoms with van der Waals surface area (Å²) >= 11 is 11.5. The van der Waals surface area contributed by atoms with E-state index in [2.05, 4.69) is 10.3 Å². The number of anilines is 1. The van der Waals surface area contributed by atoms with Crippen LogP contribution in [-0.2, 0) is 4.79 Å². The van der Waals surface area contributed by atoms with Gasteiger partial charge in [-0.15, -0.1) is 0 Å². The number of para-hydroxylation sites is 2. The van der Waals surface area contributed by atoms with Gasteiger partial charge in [-0.3, -0.25) is 9.69 Å². The Morgan fingerprint density at radius 1 is 1.04 bits per heavy atom. The maximum absolute atomic E-state index is 12.7. The topological polar surface area (TPSA) is 45.2 Å². The number of fused-ring (bicyclic) bond motifs is 1. The summed E-state index contributed by atoms with van der Waals surface area (Å²) in [7, 11) is 0. The number of benzene rings is 2. The molecule has 1 aromatic heterocycles. The first-order chi connectivity index (χ1) is 12.1. The van der Waals surface area contributed by atoms with Crippen molar-refractivity contribution >= 4 is 57.5 Å². The summed E-state index contributed by atoms with van der Waals surface area (Å²) in [6.45, 7) is 0. The molecule has 122 valence electrons. The second kappa shape index (κ2) is 6.27. The van der Waals surface area contributed by atoms with Gasteiger partial charge in [0, 0.05) is 5.39 Å². The first-order valence-electron chi connectivity index (χ1n) is 7.61. The highest BCUT2D eigenvalue weighted by molar-refractivity contribution is 7.80. The van der Waals surface area contributed by atoms with Crippen LogP contribution in [0.4, 0.5) is 5.69 Å². The summed E-state index contributed by atoms with van der Waals surface area (Å²) in [4.78, 5) is 18.7. The molecule has 1 amide bonds. The molecule has 25 heavy (non-hydrogen) atoms. The zero-order valence-corrected chi connectivity index (χ0v) is 14.5. The number of thiocarbonyl (C=S) groups is 1. The zero-order chi connectivity index (χ0) is 17.4. The molecular formula is C19H12ClN3OS. The number of amides is 1. The fourth-order valence-corrected chi connectivity index (χ4v) is 3.22. The monoisotopic (exact) mass is 365 g/mol. The Bertz CT molecular complexity index is 1030. The van der Waals surface area contributed by atoms with Crippen LogP contribution in [0.2, 0.25) is 5.02 Å². The number of nitrogens with one attached hydrogen (secondary N) is 1. The van der Waals surface area contributed by atoms with E-state index in [1.54, 1.807) is 12.1 Å². The summed E-state index contributed by atoms with van der Waals surface area (Å²) in [6, 6.07) is 18.7. The minimum absolute atomic E-state index is 0.211. The molecule has 0 radical (unpaired) electrons. The number of hydrogen-bond acceptors (Lipinski definition) is 3. The predicted octanol–water partition coefficient (Wildman–Crippen LogP) is 4.15. The number of carbonyl (C=O) groups is 1. The highest BCUT2D eigenvalue weighted by Gasteiger charge is 2.31. The lowest BCUT2D eigenvalue weighted by atomic mass is 10.2. The van der Waals surface area contributed by atoms with E-state index < -0.39 is 0 Å². The predicted molar refractivity (Wildman–Crippen MR) is 104 cm³/mol. The lowest BCUT2D eigenvalue weighted by Gasteiger charge is -2.13. The lowest BCUT2D eigenvalue weighted by molar-refractivity contribution is -0.113. The number of pyridine rings is 1. The van der Waals surface area contributed by atoms with Crippen LogP contribution < -0.4 is 10.2 Å². The standard InChI is InChI=1S/C19H12ClN3OS/c20-15-8-4-5-12-9-10-13(21-17(12)15)11-16-18(24)23(19(25)22-16)14-6-2-1-3-7-14/h1-11H,(H,22,25)/b16-11-. The van der Waals surface area contributed by atoms with Crippen molar-refractivity contribution < 1.29 is 4.79 Å². The molecule has 1 saturated heterocycles. The molecule has 0 atom stereocenters. The Hall–Kier alpha value is -2.76. The summed E-state index contributed by atoms with van der Waals surface area (Å²) in [5.74, 6) is -0.211. The third-order valence-electron chi connectivity index (χ3n) is 3.88. The third kappa shape index (κ3) is 2.88. The van der Waals surface area contributed by atoms with Gasteiger partial charge in [-0.05, 0) is 42.6 Å². The molecule has 0 bridgehead atoms. The molecule has 0 aliphatic carbocycles. The summed E-state index contributed by atoms with van der Waals surface area (Å²) in [6.07, 6.45) is 1.68. The minimum atomic E-state index is -0.211. The van der Waals surface area contributed by atoms with Crippen molar-refractivity contribution in [2.45, 2.75) is 0 Å². The van der Waals surface area contributed by atoms with Crippen molar-refractivity contribution in [3.05, 3.63) is 77.1 Å². The van der Waals surface area contributed by atoms with Crippen molar-refractivity contribution in [2.24, 2.45) is 0 Å². The molecule has 1 N–H and O–H groups in total. The molecule has 4 rings (SSSR count). The number of hydrogen-bond donors (Lipinski definition) is 1. The van der Waals surface area contributed by atoms with Gasteiger partial charge in [-0.1, -0.05) is 48.0 Å². The number of carbonyl (C=O) groups excluding carboxylic acids is 1. The Morgan fingerprint density at radius 3 is 2.64 bits per heavy atom. The Kier molecular flexibility index (Phi) is 3.95. The van der Waals surface area contributed by atoms with Gasteiger partial charge >= 0.3 is 0 Å². The van der Waals surface area contributed by atoms with E-state index in [-0.39, 0.29) is 5.91 Å². The van der Waals surface area contributed by atoms with Crippen LogP contribution >= 0.6 is 23.8 Å². The Labute approximate surface area is 154 Å². The van der Waals surface area contributed by atoms with Gasteiger partial charge in [0.2, 0.25) is 0 Å². The molecular weight excluding hydrogens is 354 g/mol. The van der Waals surface area contributed by atoms with Crippen LogP contribution in [-0.4, -0.2) is 16.0 Å². The molecule has 1 aliphatic heterocycles. The second-order valence-electron chi connectivity index (χ2n) is 5.51. The zero-order valence-electron chi connectivity index (χ0n) is 12.9. The first-order valence-corrected chi connectivity index (χ1v) is 8.39. The van der Waals surface area contributed by atoms with E-state index in [9.17, 15) is 4.79 Å². The maximum atomic E-state index is 12.7. The van der Waals surface area contributed by atoms with E-state index >= 15 is 0 Å². The van der Waals surface area contributed by atoms with Gasteiger partial charge in [0.15, 0.2) is 5.11 Å². The SMILES string of the molecule is O=C1/C(=C/c2ccc3cccc(Cl)c3n2)NC(=S)N1c1ccccc1. The van der Waals surface area contributed by atoms with Crippen molar-refractivity contribution in [1.82, 2.24) is 10.3 Å². The molecule has 2 heterocycles. The van der Waals surface area contributed by atoms with Crippen LogP contribution in [0.5, 0.6) is 0 Å². The quantitative estimate of drug-likeness (QED) is 0.547. The average molecular weight is 366 g/mol. The lowest BCUT2D eigenvalue weighted by Crippen LogP contribution is -2.30. The van der Waals surface area contributed by atoms with Crippen LogP contribution in [0.1, 0.15) is 5.69 Å². The number of nitrogens with zero attached hydrogens (tertiary/aromatic N) is 2. The van der Waals surface area contributed by atoms with Crippen molar-refractivity contribution in [2.75, 3.05) is 4.90 Å². The summed E-state index contributed by atoms with van der Waals surface area (Å²) < 4.78 is 0. The van der Waals surface area contributed by atoms with Gasteiger partial charge in [-0.2, -0.15) is 0 Å². The maximum Gasteiger partial charge on any atom is 0.281 e. The molecule has 0 unspecified atom stereocenters. The van der Waals surface area contributed by atoms with E-state index in [0.29, 0.717) is 27.0 Å². The summed E-state index contributed by atoms with van der Waals surface area (Å²) in [5, 5.41) is 4.83. The smallest absolute Gasteiger partial charge is 0.281 e. The largest absolute Gasteiger partial charge is 0.327 e. The third-order valence-corrected chi connectivity index (χ3v) is 4.47. The molecule has 6 heteroatoms. The van der Waals surface area contributed by atoms with Gasteiger partial charge in [0.05, 0.1) is 21.9 Å². The van der Waals surface area contributed by atoms with E-state index in [1.165, 1.54) is 4.90 Å². The second-order valence-corrected chi connectivity index (χ2v) is 6.31. The fourth-order valence-electron chi connectivity index (χ4n) is 2.70. The normalized spacial score (nSPS) is 15.9. The van der Waals surface area contributed by atoms with Crippen molar-refractivity contribution in [3.63, 3.8) is 0 Å². The first kappa shape index (κ1) is 15.7. The minimum Gasteiger partial charge on any atom is -0.327 e. The van der Waals surface area contributed by atoms with Gasteiger partial charge in [-0.25, -0.2) is 4.98 Å². The van der Waals surface area contributed by atoms with E-state index in [1.807, 2.05) is 54.6 Å². The van der Waals surface area contributed by atoms with Crippen LogP contribution in [0, 0.1) is 0 Å². The molecule has 4 nitrogen and oxygen atoms in total. The Morgan fingerprint density at radius 2 is 1.84 bits per heavy atom. The molecule has 1 fully saturated rings. The van der Waals surface area contributed by atoms with E-state index in [0.717, 1.165) is 11.1 Å². The van der Waals surface area contributed by atoms with Gasteiger partial charge < -0.3 is 5.32 Å². The highest BCUT2D eigenvalue weighted by Crippen LogP contribution is 2.24. The number of halogens is 1. The molecule has 2 aromatic carbocycles. The van der Waals surface area contributed by atoms with Gasteiger partial charge in [0.1, 0.15) is 5.70 Å². The van der Waals surface area contributed by atoms with Crippen LogP contribution in [0.25, 0.3) is 17.0 Å².